The first-order valence-corrected chi connectivity index (χ1v) is 5.50. The third kappa shape index (κ3) is 1.75. The zero-order valence-electron chi connectivity index (χ0n) is 9.75. The van der Waals surface area contributed by atoms with Gasteiger partial charge in [0.25, 0.3) is 0 Å². The molecule has 1 aromatic carbocycles. The van der Waals surface area contributed by atoms with Gasteiger partial charge in [0, 0.05) is 17.9 Å². The Morgan fingerprint density at radius 3 is 2.75 bits per heavy atom. The largest absolute Gasteiger partial charge is 0.496 e. The van der Waals surface area contributed by atoms with Crippen molar-refractivity contribution in [2.45, 2.75) is 25.7 Å². The van der Waals surface area contributed by atoms with Crippen molar-refractivity contribution < 1.29 is 9.53 Å². The summed E-state index contributed by atoms with van der Waals surface area (Å²) in [4.78, 5) is 11.5. The minimum atomic E-state index is 0.141. The van der Waals surface area contributed by atoms with Gasteiger partial charge in [0.05, 0.1) is 7.11 Å². The van der Waals surface area contributed by atoms with Crippen LogP contribution in [0.25, 0.3) is 0 Å². The second kappa shape index (κ2) is 4.12. The van der Waals surface area contributed by atoms with Crippen molar-refractivity contribution >= 4 is 5.78 Å². The molecule has 2 heteroatoms. The van der Waals surface area contributed by atoms with Crippen molar-refractivity contribution in [2.75, 3.05) is 7.11 Å². The Bertz CT molecular complexity index is 446. The second-order valence-corrected chi connectivity index (χ2v) is 4.29. The van der Waals surface area contributed by atoms with E-state index in [2.05, 4.69) is 12.6 Å². The monoisotopic (exact) mass is 216 g/mol. The maximum absolute atomic E-state index is 11.5. The van der Waals surface area contributed by atoms with E-state index in [0.717, 1.165) is 23.3 Å². The summed E-state index contributed by atoms with van der Waals surface area (Å²) in [5, 5.41) is 0. The summed E-state index contributed by atoms with van der Waals surface area (Å²) < 4.78 is 5.34. The minimum Gasteiger partial charge on any atom is -0.496 e. The third-order valence-corrected chi connectivity index (χ3v) is 3.20. The first kappa shape index (κ1) is 10.9. The predicted molar refractivity (Wildman–Crippen MR) is 63.9 cm³/mol. The fourth-order valence-electron chi connectivity index (χ4n) is 2.27. The lowest BCUT2D eigenvalue weighted by Gasteiger charge is -2.15. The van der Waals surface area contributed by atoms with E-state index in [1.54, 1.807) is 7.11 Å². The number of rotatable bonds is 2. The molecular formula is C14H16O2. The highest BCUT2D eigenvalue weighted by Gasteiger charge is 2.29. The summed E-state index contributed by atoms with van der Waals surface area (Å²) in [5.41, 5.74) is 3.00. The van der Waals surface area contributed by atoms with Gasteiger partial charge in [-0.15, -0.1) is 0 Å². The van der Waals surface area contributed by atoms with E-state index < -0.39 is 0 Å². The van der Waals surface area contributed by atoms with Gasteiger partial charge in [-0.05, 0) is 25.0 Å². The molecule has 0 aliphatic heterocycles. The number of aryl methyl sites for hydroxylation is 1. The smallest absolute Gasteiger partial charge is 0.158 e. The molecule has 0 saturated heterocycles. The number of benzene rings is 1. The Kier molecular flexibility index (Phi) is 2.82. The lowest BCUT2D eigenvalue weighted by Crippen LogP contribution is -2.01. The summed E-state index contributed by atoms with van der Waals surface area (Å²) in [6.07, 6.45) is 1.47. The minimum absolute atomic E-state index is 0.141. The van der Waals surface area contributed by atoms with Gasteiger partial charge in [0.1, 0.15) is 5.75 Å². The summed E-state index contributed by atoms with van der Waals surface area (Å²) in [6, 6.07) is 6.07. The molecule has 0 bridgehead atoms. The number of allylic oxidation sites excluding steroid dienone is 1. The molecular weight excluding hydrogens is 200 g/mol. The quantitative estimate of drug-likeness (QED) is 0.710. The van der Waals surface area contributed by atoms with Crippen LogP contribution in [0.2, 0.25) is 0 Å². The molecule has 0 amide bonds. The van der Waals surface area contributed by atoms with Gasteiger partial charge < -0.3 is 4.74 Å². The summed E-state index contributed by atoms with van der Waals surface area (Å²) in [5.74, 6) is 1.18. The molecule has 0 aromatic heterocycles. The Morgan fingerprint density at radius 1 is 1.44 bits per heavy atom. The van der Waals surface area contributed by atoms with Crippen LogP contribution < -0.4 is 4.74 Å². The van der Waals surface area contributed by atoms with Gasteiger partial charge in [-0.3, -0.25) is 4.79 Å². The van der Waals surface area contributed by atoms with Crippen LogP contribution in [0, 0.1) is 6.92 Å². The average Bonchev–Trinajstić information content (AvgIpc) is 2.60. The highest BCUT2D eigenvalue weighted by Crippen LogP contribution is 2.40. The zero-order chi connectivity index (χ0) is 11.7. The van der Waals surface area contributed by atoms with E-state index >= 15 is 0 Å². The van der Waals surface area contributed by atoms with Crippen molar-refractivity contribution in [3.8, 4) is 5.75 Å². The number of hydrogen-bond acceptors (Lipinski definition) is 2. The van der Waals surface area contributed by atoms with Crippen molar-refractivity contribution in [1.82, 2.24) is 0 Å². The van der Waals surface area contributed by atoms with Crippen molar-refractivity contribution in [3.05, 3.63) is 41.5 Å². The summed E-state index contributed by atoms with van der Waals surface area (Å²) in [7, 11) is 1.66. The second-order valence-electron chi connectivity index (χ2n) is 4.29. The zero-order valence-corrected chi connectivity index (χ0v) is 9.75. The highest BCUT2D eigenvalue weighted by atomic mass is 16.5. The molecule has 16 heavy (non-hydrogen) atoms. The van der Waals surface area contributed by atoms with Crippen molar-refractivity contribution in [3.63, 3.8) is 0 Å². The molecule has 1 atom stereocenters. The number of methoxy groups -OCH3 is 1. The number of carbonyl (C=O) groups excluding carboxylic acids is 1. The molecule has 0 radical (unpaired) electrons. The Hall–Kier alpha value is -1.57. The fraction of sp³-hybridized carbons (Fsp3) is 0.357. The van der Waals surface area contributed by atoms with Crippen LogP contribution in [0.5, 0.6) is 5.75 Å². The van der Waals surface area contributed by atoms with Crippen LogP contribution in [-0.2, 0) is 4.79 Å². The first-order valence-electron chi connectivity index (χ1n) is 5.50. The maximum atomic E-state index is 11.5. The molecule has 1 aliphatic carbocycles. The number of ketones is 1. The summed E-state index contributed by atoms with van der Waals surface area (Å²) >= 11 is 0. The molecule has 1 aromatic rings. The Balaban J connectivity index is 2.43. The first-order chi connectivity index (χ1) is 7.63. The normalized spacial score (nSPS) is 20.2. The van der Waals surface area contributed by atoms with Gasteiger partial charge in [0.2, 0.25) is 0 Å². The molecule has 1 saturated carbocycles. The van der Waals surface area contributed by atoms with E-state index in [4.69, 9.17) is 4.74 Å². The van der Waals surface area contributed by atoms with E-state index in [1.807, 2.05) is 19.1 Å². The molecule has 0 heterocycles. The van der Waals surface area contributed by atoms with Crippen molar-refractivity contribution in [1.29, 1.82) is 0 Å². The van der Waals surface area contributed by atoms with E-state index in [-0.39, 0.29) is 11.7 Å². The number of carbonyl (C=O) groups is 1. The number of ether oxygens (including phenoxy) is 1. The SMILES string of the molecule is C=C1C(=O)CCC1c1cc(C)ccc1OC. The molecule has 2 nitrogen and oxygen atoms in total. The van der Waals surface area contributed by atoms with Gasteiger partial charge in [-0.25, -0.2) is 0 Å². The average molecular weight is 216 g/mol. The van der Waals surface area contributed by atoms with E-state index in [9.17, 15) is 4.79 Å². The molecule has 1 unspecified atom stereocenters. The summed E-state index contributed by atoms with van der Waals surface area (Å²) in [6.45, 7) is 5.94. The van der Waals surface area contributed by atoms with Crippen LogP contribution in [0.4, 0.5) is 0 Å². The van der Waals surface area contributed by atoms with Crippen LogP contribution in [0.3, 0.4) is 0 Å². The van der Waals surface area contributed by atoms with Crippen molar-refractivity contribution in [2.24, 2.45) is 0 Å². The standard InChI is InChI=1S/C14H16O2/c1-9-4-7-14(16-3)12(8-9)11-5-6-13(15)10(11)2/h4,7-8,11H,2,5-6H2,1,3H3. The lowest BCUT2D eigenvalue weighted by molar-refractivity contribution is -0.114. The van der Waals surface area contributed by atoms with E-state index in [0.29, 0.717) is 6.42 Å². The predicted octanol–water partition coefficient (Wildman–Crippen LogP) is 3.01. The molecule has 2 rings (SSSR count). The molecule has 0 spiro atoms. The Morgan fingerprint density at radius 2 is 2.19 bits per heavy atom. The molecule has 1 fully saturated rings. The van der Waals surface area contributed by atoms with Gasteiger partial charge in [-0.1, -0.05) is 24.3 Å². The van der Waals surface area contributed by atoms with Crippen LogP contribution in [-0.4, -0.2) is 12.9 Å². The molecule has 84 valence electrons. The maximum Gasteiger partial charge on any atom is 0.158 e. The highest BCUT2D eigenvalue weighted by molar-refractivity contribution is 5.98. The molecule has 0 N–H and O–H groups in total. The molecule has 1 aliphatic rings. The van der Waals surface area contributed by atoms with Gasteiger partial charge in [0.15, 0.2) is 5.78 Å². The topological polar surface area (TPSA) is 26.3 Å². The van der Waals surface area contributed by atoms with Gasteiger partial charge in [-0.2, -0.15) is 0 Å². The third-order valence-electron chi connectivity index (χ3n) is 3.20. The van der Waals surface area contributed by atoms with Crippen LogP contribution >= 0.6 is 0 Å². The lowest BCUT2D eigenvalue weighted by atomic mass is 9.92. The number of hydrogen-bond donors (Lipinski definition) is 0. The fourth-order valence-corrected chi connectivity index (χ4v) is 2.27. The van der Waals surface area contributed by atoms with Crippen LogP contribution in [0.1, 0.15) is 29.9 Å². The number of Topliss-reactive ketones (excluding diaryl/α,β-unsaturated/α-hetero) is 1. The van der Waals surface area contributed by atoms with E-state index in [1.165, 1.54) is 5.56 Å². The Labute approximate surface area is 95.9 Å². The van der Waals surface area contributed by atoms with Gasteiger partial charge >= 0.3 is 0 Å². The van der Waals surface area contributed by atoms with Crippen LogP contribution in [0.15, 0.2) is 30.4 Å².